The van der Waals surface area contributed by atoms with Crippen LogP contribution in [0, 0.1) is 5.92 Å². The molecule has 0 fully saturated rings. The highest BCUT2D eigenvalue weighted by Crippen LogP contribution is 2.19. The number of carbonyl (C=O) groups excluding carboxylic acids is 2. The molecule has 7 heteroatoms. The molecular formula is C18H21N3O4. The van der Waals surface area contributed by atoms with Gasteiger partial charge in [0.15, 0.2) is 11.6 Å². The molecule has 2 aromatic rings. The Kier molecular flexibility index (Phi) is 5.94. The van der Waals surface area contributed by atoms with Crippen molar-refractivity contribution in [2.75, 3.05) is 12.4 Å². The number of anilines is 1. The molecule has 7 nitrogen and oxygen atoms in total. The Hall–Kier alpha value is -3.09. The van der Waals surface area contributed by atoms with Crippen LogP contribution in [-0.2, 0) is 4.79 Å². The first kappa shape index (κ1) is 18.3. The molecule has 2 atom stereocenters. The fourth-order valence-electron chi connectivity index (χ4n) is 2.13. The summed E-state index contributed by atoms with van der Waals surface area (Å²) in [5.41, 5.74) is 0.446. The van der Waals surface area contributed by atoms with Crippen LogP contribution in [0.15, 0.2) is 42.6 Å². The predicted molar refractivity (Wildman–Crippen MR) is 93.6 cm³/mol. The van der Waals surface area contributed by atoms with E-state index in [1.807, 2.05) is 0 Å². The smallest absolute Gasteiger partial charge is 0.251 e. The van der Waals surface area contributed by atoms with Crippen molar-refractivity contribution in [3.05, 3.63) is 48.2 Å². The number of aromatic nitrogens is 1. The van der Waals surface area contributed by atoms with Gasteiger partial charge in [-0.2, -0.15) is 0 Å². The van der Waals surface area contributed by atoms with Crippen LogP contribution in [0.1, 0.15) is 24.2 Å². The van der Waals surface area contributed by atoms with E-state index >= 15 is 0 Å². The maximum atomic E-state index is 12.3. The van der Waals surface area contributed by atoms with E-state index in [0.717, 1.165) is 0 Å². The first-order valence-electron chi connectivity index (χ1n) is 7.82. The van der Waals surface area contributed by atoms with Crippen LogP contribution < -0.4 is 15.4 Å². The molecule has 0 unspecified atom stereocenters. The molecule has 2 rings (SSSR count). The van der Waals surface area contributed by atoms with Crippen molar-refractivity contribution in [2.45, 2.75) is 19.9 Å². The molecule has 0 aliphatic carbocycles. The number of rotatable bonds is 6. The van der Waals surface area contributed by atoms with Gasteiger partial charge in [0, 0.05) is 17.8 Å². The zero-order chi connectivity index (χ0) is 18.4. The van der Waals surface area contributed by atoms with Crippen LogP contribution in [0.25, 0.3) is 0 Å². The van der Waals surface area contributed by atoms with Gasteiger partial charge in [0.2, 0.25) is 5.91 Å². The maximum Gasteiger partial charge on any atom is 0.251 e. The Bertz CT molecular complexity index is 763. The summed E-state index contributed by atoms with van der Waals surface area (Å²) in [6.45, 7) is 3.42. The number of hydrogen-bond donors (Lipinski definition) is 3. The molecule has 0 aliphatic rings. The Morgan fingerprint density at radius 2 is 1.96 bits per heavy atom. The van der Waals surface area contributed by atoms with Crippen molar-refractivity contribution in [1.29, 1.82) is 0 Å². The van der Waals surface area contributed by atoms with Crippen molar-refractivity contribution in [3.8, 4) is 11.5 Å². The number of pyridine rings is 1. The summed E-state index contributed by atoms with van der Waals surface area (Å²) in [4.78, 5) is 28.5. The third-order valence-corrected chi connectivity index (χ3v) is 3.88. The van der Waals surface area contributed by atoms with E-state index in [9.17, 15) is 14.7 Å². The van der Waals surface area contributed by atoms with Gasteiger partial charge in [0.1, 0.15) is 5.75 Å². The zero-order valence-corrected chi connectivity index (χ0v) is 14.3. The Labute approximate surface area is 146 Å². The molecule has 25 heavy (non-hydrogen) atoms. The van der Waals surface area contributed by atoms with Gasteiger partial charge in [-0.25, -0.2) is 4.98 Å². The Balaban J connectivity index is 1.99. The standard InChI is InChI=1S/C18H21N3O4/c1-11(17(23)21-16-15(22)8-5-9-19-16)12(2)20-18(24)13-6-4-7-14(10-13)25-3/h4-12,22H,1-3H3,(H,20,24)(H,19,21,23)/t11-,12+/m0/s1. The second-order valence-electron chi connectivity index (χ2n) is 5.64. The van der Waals surface area contributed by atoms with Gasteiger partial charge in [0.05, 0.1) is 13.0 Å². The van der Waals surface area contributed by atoms with E-state index < -0.39 is 12.0 Å². The number of nitrogens with zero attached hydrogens (tertiary/aromatic N) is 1. The molecule has 0 radical (unpaired) electrons. The third-order valence-electron chi connectivity index (χ3n) is 3.88. The molecule has 0 saturated heterocycles. The average Bonchev–Trinajstić information content (AvgIpc) is 2.62. The lowest BCUT2D eigenvalue weighted by Crippen LogP contribution is -2.42. The highest BCUT2D eigenvalue weighted by molar-refractivity contribution is 5.96. The van der Waals surface area contributed by atoms with Crippen LogP contribution in [0.2, 0.25) is 0 Å². The van der Waals surface area contributed by atoms with Crippen LogP contribution >= 0.6 is 0 Å². The SMILES string of the molecule is COc1cccc(C(=O)N[C@H](C)[C@H](C)C(=O)Nc2ncccc2O)c1. The van der Waals surface area contributed by atoms with Gasteiger partial charge in [-0.05, 0) is 37.3 Å². The van der Waals surface area contributed by atoms with Gasteiger partial charge < -0.3 is 20.5 Å². The molecular weight excluding hydrogens is 322 g/mol. The summed E-state index contributed by atoms with van der Waals surface area (Å²) in [7, 11) is 1.53. The minimum atomic E-state index is -0.532. The van der Waals surface area contributed by atoms with Crippen molar-refractivity contribution in [3.63, 3.8) is 0 Å². The monoisotopic (exact) mass is 343 g/mol. The molecule has 1 aromatic carbocycles. The van der Waals surface area contributed by atoms with Crippen molar-refractivity contribution in [1.82, 2.24) is 10.3 Å². The summed E-state index contributed by atoms with van der Waals surface area (Å²) in [5.74, 6) is -0.631. The normalized spacial score (nSPS) is 12.8. The quantitative estimate of drug-likeness (QED) is 0.746. The molecule has 1 heterocycles. The summed E-state index contributed by atoms with van der Waals surface area (Å²) in [6, 6.07) is 9.32. The summed E-state index contributed by atoms with van der Waals surface area (Å²) < 4.78 is 5.10. The van der Waals surface area contributed by atoms with Gasteiger partial charge in [-0.15, -0.1) is 0 Å². The molecule has 132 valence electrons. The topological polar surface area (TPSA) is 101 Å². The van der Waals surface area contributed by atoms with Crippen LogP contribution in [-0.4, -0.2) is 35.1 Å². The van der Waals surface area contributed by atoms with E-state index in [1.54, 1.807) is 44.2 Å². The predicted octanol–water partition coefficient (Wildman–Crippen LogP) is 2.19. The molecule has 2 amide bonds. The Morgan fingerprint density at radius 3 is 2.64 bits per heavy atom. The Morgan fingerprint density at radius 1 is 1.20 bits per heavy atom. The van der Waals surface area contributed by atoms with Crippen molar-refractivity contribution >= 4 is 17.6 Å². The van der Waals surface area contributed by atoms with Crippen LogP contribution in [0.4, 0.5) is 5.82 Å². The minimum absolute atomic E-state index is 0.0886. The van der Waals surface area contributed by atoms with E-state index in [0.29, 0.717) is 11.3 Å². The van der Waals surface area contributed by atoms with Crippen LogP contribution in [0.5, 0.6) is 11.5 Å². The minimum Gasteiger partial charge on any atom is -0.504 e. The second kappa shape index (κ2) is 8.14. The van der Waals surface area contributed by atoms with Gasteiger partial charge in [-0.3, -0.25) is 9.59 Å². The lowest BCUT2D eigenvalue weighted by molar-refractivity contribution is -0.120. The number of carbonyl (C=O) groups is 2. The highest BCUT2D eigenvalue weighted by atomic mass is 16.5. The van der Waals surface area contributed by atoms with Crippen molar-refractivity contribution in [2.24, 2.45) is 5.92 Å². The molecule has 3 N–H and O–H groups in total. The number of hydrogen-bond acceptors (Lipinski definition) is 5. The van der Waals surface area contributed by atoms with E-state index in [2.05, 4.69) is 15.6 Å². The number of methoxy groups -OCH3 is 1. The number of amides is 2. The summed E-state index contributed by atoms with van der Waals surface area (Å²) in [6.07, 6.45) is 1.47. The molecule has 0 bridgehead atoms. The van der Waals surface area contributed by atoms with Gasteiger partial charge in [-0.1, -0.05) is 13.0 Å². The lowest BCUT2D eigenvalue weighted by atomic mass is 10.0. The first-order chi connectivity index (χ1) is 11.9. The fraction of sp³-hybridized carbons (Fsp3) is 0.278. The number of ether oxygens (including phenoxy) is 1. The molecule has 0 spiro atoms. The van der Waals surface area contributed by atoms with Crippen molar-refractivity contribution < 1.29 is 19.4 Å². The number of nitrogens with one attached hydrogen (secondary N) is 2. The number of aromatic hydroxyl groups is 1. The second-order valence-corrected chi connectivity index (χ2v) is 5.64. The molecule has 0 saturated carbocycles. The van der Waals surface area contributed by atoms with Gasteiger partial charge >= 0.3 is 0 Å². The molecule has 1 aromatic heterocycles. The maximum absolute atomic E-state index is 12.3. The summed E-state index contributed by atoms with van der Waals surface area (Å²) in [5, 5.41) is 15.0. The van der Waals surface area contributed by atoms with E-state index in [1.165, 1.54) is 19.4 Å². The number of benzene rings is 1. The highest BCUT2D eigenvalue weighted by Gasteiger charge is 2.23. The first-order valence-corrected chi connectivity index (χ1v) is 7.82. The fourth-order valence-corrected chi connectivity index (χ4v) is 2.13. The van der Waals surface area contributed by atoms with E-state index in [-0.39, 0.29) is 23.4 Å². The largest absolute Gasteiger partial charge is 0.504 e. The zero-order valence-electron chi connectivity index (χ0n) is 14.3. The lowest BCUT2D eigenvalue weighted by Gasteiger charge is -2.21. The third kappa shape index (κ3) is 4.69. The van der Waals surface area contributed by atoms with E-state index in [4.69, 9.17) is 4.74 Å². The summed E-state index contributed by atoms with van der Waals surface area (Å²) >= 11 is 0. The van der Waals surface area contributed by atoms with Crippen LogP contribution in [0.3, 0.4) is 0 Å². The average molecular weight is 343 g/mol. The molecule has 0 aliphatic heterocycles. The van der Waals surface area contributed by atoms with Gasteiger partial charge in [0.25, 0.3) is 5.91 Å².